The minimum absolute atomic E-state index is 0.329. The van der Waals surface area contributed by atoms with E-state index in [9.17, 15) is 0 Å². The summed E-state index contributed by atoms with van der Waals surface area (Å²) in [5, 5.41) is 13.0. The summed E-state index contributed by atoms with van der Waals surface area (Å²) < 4.78 is 0. The maximum absolute atomic E-state index is 8.98. The molecule has 2 unspecified atom stereocenters. The lowest BCUT2D eigenvalue weighted by Gasteiger charge is -2.21. The topological polar surface area (TPSA) is 35.8 Å². The van der Waals surface area contributed by atoms with Crippen LogP contribution in [0, 0.1) is 17.2 Å². The Kier molecular flexibility index (Phi) is 4.64. The highest BCUT2D eigenvalue weighted by molar-refractivity contribution is 6.30. The third kappa shape index (κ3) is 3.15. The molecule has 1 aromatic rings. The molecule has 3 heteroatoms. The van der Waals surface area contributed by atoms with Crippen LogP contribution < -0.4 is 5.32 Å². The van der Waals surface area contributed by atoms with Crippen LogP contribution in [0.25, 0.3) is 0 Å². The van der Waals surface area contributed by atoms with Gasteiger partial charge in [0.15, 0.2) is 0 Å². The fraction of sp³-hybridized carbons (Fsp3) is 0.462. The smallest absolute Gasteiger partial charge is 0.101 e. The van der Waals surface area contributed by atoms with Crippen LogP contribution in [0.15, 0.2) is 18.2 Å². The molecule has 2 nitrogen and oxygen atoms in total. The predicted molar refractivity (Wildman–Crippen MR) is 68.7 cm³/mol. The van der Waals surface area contributed by atoms with Gasteiger partial charge in [0, 0.05) is 11.1 Å². The summed E-state index contributed by atoms with van der Waals surface area (Å²) in [6.45, 7) is 6.47. The van der Waals surface area contributed by atoms with Gasteiger partial charge in [-0.2, -0.15) is 5.26 Å². The van der Waals surface area contributed by atoms with Gasteiger partial charge in [0.1, 0.15) is 6.07 Å². The Bertz CT molecular complexity index is 395. The van der Waals surface area contributed by atoms with E-state index in [0.29, 0.717) is 22.5 Å². The largest absolute Gasteiger partial charge is 0.381 e. The standard InChI is InChI=1S/C13H17ClN2/c1-4-9(2)10(3)16-13-7-12(14)6-5-11(13)8-15/h5-7,9-10,16H,4H2,1-3H3. The van der Waals surface area contributed by atoms with Gasteiger partial charge < -0.3 is 5.32 Å². The number of rotatable bonds is 4. The molecule has 16 heavy (non-hydrogen) atoms. The van der Waals surface area contributed by atoms with Crippen molar-refractivity contribution in [2.45, 2.75) is 33.2 Å². The Labute approximate surface area is 102 Å². The second-order valence-corrected chi connectivity index (χ2v) is 4.56. The van der Waals surface area contributed by atoms with Crippen LogP contribution in [0.2, 0.25) is 5.02 Å². The zero-order valence-corrected chi connectivity index (χ0v) is 10.7. The third-order valence-corrected chi connectivity index (χ3v) is 3.22. The molecule has 0 aliphatic carbocycles. The molecule has 0 amide bonds. The third-order valence-electron chi connectivity index (χ3n) is 2.98. The van der Waals surface area contributed by atoms with Crippen molar-refractivity contribution in [2.24, 2.45) is 5.92 Å². The van der Waals surface area contributed by atoms with Crippen molar-refractivity contribution in [1.82, 2.24) is 0 Å². The molecule has 1 rings (SSSR count). The van der Waals surface area contributed by atoms with Gasteiger partial charge in [-0.3, -0.25) is 0 Å². The number of nitrogens with one attached hydrogen (secondary N) is 1. The fourth-order valence-corrected chi connectivity index (χ4v) is 1.65. The molecule has 1 aromatic carbocycles. The number of hydrogen-bond acceptors (Lipinski definition) is 2. The normalized spacial score (nSPS) is 13.9. The maximum atomic E-state index is 8.98. The molecule has 0 aliphatic rings. The van der Waals surface area contributed by atoms with E-state index in [1.54, 1.807) is 18.2 Å². The van der Waals surface area contributed by atoms with Gasteiger partial charge in [0.05, 0.1) is 11.3 Å². The molecule has 0 radical (unpaired) electrons. The van der Waals surface area contributed by atoms with E-state index in [4.69, 9.17) is 16.9 Å². The molecule has 2 atom stereocenters. The number of hydrogen-bond donors (Lipinski definition) is 1. The van der Waals surface area contributed by atoms with Crippen LogP contribution in [-0.4, -0.2) is 6.04 Å². The number of benzene rings is 1. The summed E-state index contributed by atoms with van der Waals surface area (Å²) in [5.74, 6) is 0.561. The van der Waals surface area contributed by atoms with E-state index in [-0.39, 0.29) is 0 Å². The first kappa shape index (κ1) is 12.9. The highest BCUT2D eigenvalue weighted by Gasteiger charge is 2.12. The van der Waals surface area contributed by atoms with Crippen molar-refractivity contribution in [3.8, 4) is 6.07 Å². The highest BCUT2D eigenvalue weighted by Crippen LogP contribution is 2.22. The molecule has 0 bridgehead atoms. The van der Waals surface area contributed by atoms with E-state index in [1.807, 2.05) is 0 Å². The van der Waals surface area contributed by atoms with Crippen molar-refractivity contribution in [1.29, 1.82) is 5.26 Å². The van der Waals surface area contributed by atoms with E-state index in [1.165, 1.54) is 0 Å². The van der Waals surface area contributed by atoms with E-state index >= 15 is 0 Å². The average molecular weight is 237 g/mol. The summed E-state index contributed by atoms with van der Waals surface area (Å²) in [7, 11) is 0. The van der Waals surface area contributed by atoms with Crippen molar-refractivity contribution >= 4 is 17.3 Å². The number of anilines is 1. The quantitative estimate of drug-likeness (QED) is 0.856. The average Bonchev–Trinajstić information content (AvgIpc) is 2.28. The molecule has 0 saturated carbocycles. The van der Waals surface area contributed by atoms with Gasteiger partial charge in [-0.25, -0.2) is 0 Å². The molecule has 0 spiro atoms. The van der Waals surface area contributed by atoms with E-state index in [0.717, 1.165) is 12.1 Å². The van der Waals surface area contributed by atoms with Crippen molar-refractivity contribution in [3.05, 3.63) is 28.8 Å². The summed E-state index contributed by atoms with van der Waals surface area (Å²) in [5.41, 5.74) is 1.46. The maximum Gasteiger partial charge on any atom is 0.101 e. The minimum Gasteiger partial charge on any atom is -0.381 e. The second-order valence-electron chi connectivity index (χ2n) is 4.12. The van der Waals surface area contributed by atoms with Gasteiger partial charge in [-0.1, -0.05) is 31.9 Å². The fourth-order valence-electron chi connectivity index (χ4n) is 1.47. The van der Waals surface area contributed by atoms with Gasteiger partial charge in [-0.15, -0.1) is 0 Å². The van der Waals surface area contributed by atoms with Crippen LogP contribution in [0.1, 0.15) is 32.8 Å². The molecule has 0 heterocycles. The second kappa shape index (κ2) is 5.77. The molecule has 86 valence electrons. The Morgan fingerprint density at radius 2 is 2.12 bits per heavy atom. The molecule has 1 N–H and O–H groups in total. The Morgan fingerprint density at radius 1 is 1.44 bits per heavy atom. The first-order chi connectivity index (χ1) is 7.58. The molecule has 0 aromatic heterocycles. The zero-order valence-electron chi connectivity index (χ0n) is 9.92. The van der Waals surface area contributed by atoms with Crippen LogP contribution in [-0.2, 0) is 0 Å². The summed E-state index contributed by atoms with van der Waals surface area (Å²) >= 11 is 5.92. The lowest BCUT2D eigenvalue weighted by Crippen LogP contribution is -2.23. The summed E-state index contributed by atoms with van der Waals surface area (Å²) in [6, 6.07) is 7.78. The first-order valence-electron chi connectivity index (χ1n) is 5.54. The SMILES string of the molecule is CCC(C)C(C)Nc1cc(Cl)ccc1C#N. The monoisotopic (exact) mass is 236 g/mol. The summed E-state index contributed by atoms with van der Waals surface area (Å²) in [6.07, 6.45) is 1.11. The number of nitriles is 1. The Morgan fingerprint density at radius 3 is 2.69 bits per heavy atom. The van der Waals surface area contributed by atoms with E-state index < -0.39 is 0 Å². The van der Waals surface area contributed by atoms with E-state index in [2.05, 4.69) is 32.2 Å². The molecule has 0 fully saturated rings. The van der Waals surface area contributed by atoms with Gasteiger partial charge in [-0.05, 0) is 31.0 Å². The predicted octanol–water partition coefficient (Wildman–Crippen LogP) is 4.06. The lowest BCUT2D eigenvalue weighted by atomic mass is 10.0. The van der Waals surface area contributed by atoms with Crippen LogP contribution in [0.4, 0.5) is 5.69 Å². The van der Waals surface area contributed by atoms with Gasteiger partial charge in [0.25, 0.3) is 0 Å². The van der Waals surface area contributed by atoms with Gasteiger partial charge in [0.2, 0.25) is 0 Å². The summed E-state index contributed by atoms with van der Waals surface area (Å²) in [4.78, 5) is 0. The Hall–Kier alpha value is -1.20. The zero-order chi connectivity index (χ0) is 12.1. The first-order valence-corrected chi connectivity index (χ1v) is 5.92. The Balaban J connectivity index is 2.88. The van der Waals surface area contributed by atoms with Crippen molar-refractivity contribution < 1.29 is 0 Å². The molecule has 0 aliphatic heterocycles. The minimum atomic E-state index is 0.329. The van der Waals surface area contributed by atoms with Crippen LogP contribution in [0.3, 0.4) is 0 Å². The van der Waals surface area contributed by atoms with Gasteiger partial charge >= 0.3 is 0 Å². The van der Waals surface area contributed by atoms with Crippen molar-refractivity contribution in [3.63, 3.8) is 0 Å². The lowest BCUT2D eigenvalue weighted by molar-refractivity contribution is 0.494. The number of nitrogens with zero attached hydrogens (tertiary/aromatic N) is 1. The number of halogens is 1. The highest BCUT2D eigenvalue weighted by atomic mass is 35.5. The van der Waals surface area contributed by atoms with Crippen LogP contribution in [0.5, 0.6) is 0 Å². The molecular formula is C13H17ClN2. The molecular weight excluding hydrogens is 220 g/mol. The molecule has 0 saturated heterocycles. The van der Waals surface area contributed by atoms with Crippen molar-refractivity contribution in [2.75, 3.05) is 5.32 Å². The van der Waals surface area contributed by atoms with Crippen LogP contribution >= 0.6 is 11.6 Å².